The van der Waals surface area contributed by atoms with Gasteiger partial charge in [0.2, 0.25) is 0 Å². The van der Waals surface area contributed by atoms with E-state index in [4.69, 9.17) is 18.6 Å². The molecule has 3 aromatic rings. The lowest BCUT2D eigenvalue weighted by Crippen LogP contribution is -2.26. The molecule has 0 spiro atoms. The summed E-state index contributed by atoms with van der Waals surface area (Å²) in [5, 5.41) is 7.32. The van der Waals surface area contributed by atoms with Crippen molar-refractivity contribution in [2.75, 3.05) is 27.9 Å². The number of carbonyl (C=O) groups excluding carboxylic acids is 2. The molecule has 4 rings (SSSR count). The molecule has 37 heavy (non-hydrogen) atoms. The third kappa shape index (κ3) is 5.77. The molecule has 0 radical (unpaired) electrons. The van der Waals surface area contributed by atoms with E-state index in [0.29, 0.717) is 65.7 Å². The van der Waals surface area contributed by atoms with Crippen molar-refractivity contribution in [3.05, 3.63) is 76.2 Å². The highest BCUT2D eigenvalue weighted by atomic mass is 16.5. The zero-order valence-electron chi connectivity index (χ0n) is 21.5. The van der Waals surface area contributed by atoms with Crippen LogP contribution in [-0.4, -0.2) is 45.4 Å². The Morgan fingerprint density at radius 2 is 1.78 bits per heavy atom. The molecule has 0 bridgehead atoms. The molecule has 1 aliphatic carbocycles. The van der Waals surface area contributed by atoms with Gasteiger partial charge in [-0.1, -0.05) is 12.1 Å². The molecule has 1 aromatic heterocycles. The first-order valence-electron chi connectivity index (χ1n) is 12.1. The molecule has 194 valence electrons. The van der Waals surface area contributed by atoms with Crippen molar-refractivity contribution in [3.63, 3.8) is 0 Å². The number of ether oxygens (including phenoxy) is 3. The SMILES string of the molecule is COc1cccc(C(=O)N/N=C2\CCCc3oc(C(=O)NCCc4ccc(OC)c(OC)c4)c(C)c32)c1. The molecule has 2 N–H and O–H groups in total. The van der Waals surface area contributed by atoms with Crippen LogP contribution < -0.4 is 25.0 Å². The maximum absolute atomic E-state index is 12.9. The van der Waals surface area contributed by atoms with E-state index in [1.807, 2.05) is 25.1 Å². The average molecular weight is 506 g/mol. The topological polar surface area (TPSA) is 111 Å². The van der Waals surface area contributed by atoms with Crippen molar-refractivity contribution in [3.8, 4) is 17.2 Å². The van der Waals surface area contributed by atoms with Crippen LogP contribution in [0.1, 0.15) is 56.2 Å². The summed E-state index contributed by atoms with van der Waals surface area (Å²) >= 11 is 0. The molecule has 0 unspecified atom stereocenters. The third-order valence-corrected chi connectivity index (χ3v) is 6.30. The first-order valence-corrected chi connectivity index (χ1v) is 12.1. The summed E-state index contributed by atoms with van der Waals surface area (Å²) in [5.41, 5.74) is 6.29. The number of amides is 2. The van der Waals surface area contributed by atoms with Gasteiger partial charge in [-0.3, -0.25) is 9.59 Å². The molecule has 9 heteroatoms. The van der Waals surface area contributed by atoms with Gasteiger partial charge >= 0.3 is 0 Å². The number of nitrogens with one attached hydrogen (secondary N) is 2. The van der Waals surface area contributed by atoms with Gasteiger partial charge < -0.3 is 23.9 Å². The van der Waals surface area contributed by atoms with Crippen LogP contribution >= 0.6 is 0 Å². The highest BCUT2D eigenvalue weighted by Gasteiger charge is 2.28. The molecule has 0 atom stereocenters. The van der Waals surface area contributed by atoms with Crippen molar-refractivity contribution in [2.24, 2.45) is 5.10 Å². The standard InChI is InChI=1S/C28H31N3O6/c1-17-25-21(30-31-27(32)19-7-5-8-20(16-19)34-2)9-6-10-23(25)37-26(17)28(33)29-14-13-18-11-12-22(35-3)24(15-18)36-4/h5,7-8,11-12,15-16H,6,9-10,13-14H2,1-4H3,(H,29,33)(H,31,32)/b30-21+. The monoisotopic (exact) mass is 505 g/mol. The van der Waals surface area contributed by atoms with Gasteiger partial charge in [-0.05, 0) is 62.1 Å². The number of nitrogens with zero attached hydrogens (tertiary/aromatic N) is 1. The van der Waals surface area contributed by atoms with E-state index in [2.05, 4.69) is 15.8 Å². The number of rotatable bonds is 9. The number of carbonyl (C=O) groups is 2. The molecule has 2 amide bonds. The predicted octanol–water partition coefficient (Wildman–Crippen LogP) is 4.06. The Balaban J connectivity index is 1.43. The van der Waals surface area contributed by atoms with Crippen LogP contribution in [0.5, 0.6) is 17.2 Å². The van der Waals surface area contributed by atoms with Crippen LogP contribution in [0.4, 0.5) is 0 Å². The van der Waals surface area contributed by atoms with E-state index in [-0.39, 0.29) is 17.6 Å². The number of methoxy groups -OCH3 is 3. The fourth-order valence-corrected chi connectivity index (χ4v) is 4.38. The number of furan rings is 1. The van der Waals surface area contributed by atoms with Crippen LogP contribution in [0.15, 0.2) is 52.0 Å². The van der Waals surface area contributed by atoms with E-state index in [1.165, 1.54) is 0 Å². The fourth-order valence-electron chi connectivity index (χ4n) is 4.38. The first kappa shape index (κ1) is 25.8. The Labute approximate surface area is 215 Å². The number of aryl methyl sites for hydroxylation is 1. The number of hydrogen-bond donors (Lipinski definition) is 2. The van der Waals surface area contributed by atoms with Crippen LogP contribution in [0.2, 0.25) is 0 Å². The fraction of sp³-hybridized carbons (Fsp3) is 0.321. The molecule has 0 saturated carbocycles. The molecule has 0 fully saturated rings. The van der Waals surface area contributed by atoms with Gasteiger partial charge in [-0.2, -0.15) is 5.10 Å². The minimum absolute atomic E-state index is 0.269. The first-order chi connectivity index (χ1) is 17.9. The molecule has 9 nitrogen and oxygen atoms in total. The summed E-state index contributed by atoms with van der Waals surface area (Å²) in [5.74, 6) is 2.25. The normalized spacial score (nSPS) is 13.6. The molecule has 2 aromatic carbocycles. The summed E-state index contributed by atoms with van der Waals surface area (Å²) in [6.45, 7) is 2.27. The second-order valence-corrected chi connectivity index (χ2v) is 8.63. The van der Waals surface area contributed by atoms with Gasteiger partial charge in [-0.15, -0.1) is 0 Å². The van der Waals surface area contributed by atoms with E-state index < -0.39 is 0 Å². The van der Waals surface area contributed by atoms with Gasteiger partial charge in [-0.25, -0.2) is 5.43 Å². The van der Waals surface area contributed by atoms with Crippen LogP contribution in [0, 0.1) is 6.92 Å². The van der Waals surface area contributed by atoms with Crippen LogP contribution in [0.3, 0.4) is 0 Å². The zero-order valence-corrected chi connectivity index (χ0v) is 21.5. The van der Waals surface area contributed by atoms with E-state index in [9.17, 15) is 9.59 Å². The number of benzene rings is 2. The number of hydrazone groups is 1. The predicted molar refractivity (Wildman–Crippen MR) is 139 cm³/mol. The molecular formula is C28H31N3O6. The maximum Gasteiger partial charge on any atom is 0.287 e. The molecule has 1 aliphatic rings. The minimum Gasteiger partial charge on any atom is -0.497 e. The molecule has 1 heterocycles. The lowest BCUT2D eigenvalue weighted by atomic mass is 9.93. The second-order valence-electron chi connectivity index (χ2n) is 8.63. The van der Waals surface area contributed by atoms with Crippen molar-refractivity contribution >= 4 is 17.5 Å². The molecule has 0 aliphatic heterocycles. The highest BCUT2D eigenvalue weighted by Crippen LogP contribution is 2.30. The van der Waals surface area contributed by atoms with Crippen molar-refractivity contribution in [1.82, 2.24) is 10.7 Å². The number of fused-ring (bicyclic) bond motifs is 1. The van der Waals surface area contributed by atoms with Crippen molar-refractivity contribution in [2.45, 2.75) is 32.6 Å². The summed E-state index contributed by atoms with van der Waals surface area (Å²) in [7, 11) is 4.73. The Kier molecular flexibility index (Phi) is 8.12. The smallest absolute Gasteiger partial charge is 0.287 e. The zero-order chi connectivity index (χ0) is 26.4. The Bertz CT molecular complexity index is 1330. The third-order valence-electron chi connectivity index (χ3n) is 6.30. The lowest BCUT2D eigenvalue weighted by Gasteiger charge is -2.13. The Morgan fingerprint density at radius 3 is 2.54 bits per heavy atom. The van der Waals surface area contributed by atoms with Gasteiger partial charge in [0.1, 0.15) is 11.5 Å². The van der Waals surface area contributed by atoms with Crippen molar-refractivity contribution < 1.29 is 28.2 Å². The molecular weight excluding hydrogens is 474 g/mol. The molecule has 0 saturated heterocycles. The maximum atomic E-state index is 12.9. The largest absolute Gasteiger partial charge is 0.497 e. The van der Waals surface area contributed by atoms with Gasteiger partial charge in [0.05, 0.1) is 27.0 Å². The highest BCUT2D eigenvalue weighted by molar-refractivity contribution is 6.07. The van der Waals surface area contributed by atoms with Crippen LogP contribution in [-0.2, 0) is 12.8 Å². The average Bonchev–Trinajstić information content (AvgIpc) is 3.28. The van der Waals surface area contributed by atoms with E-state index in [0.717, 1.165) is 17.5 Å². The minimum atomic E-state index is -0.340. The second kappa shape index (κ2) is 11.6. The van der Waals surface area contributed by atoms with Gasteiger partial charge in [0.15, 0.2) is 17.3 Å². The van der Waals surface area contributed by atoms with E-state index in [1.54, 1.807) is 45.6 Å². The number of hydrogen-bond acceptors (Lipinski definition) is 7. The van der Waals surface area contributed by atoms with E-state index >= 15 is 0 Å². The van der Waals surface area contributed by atoms with Gasteiger partial charge in [0, 0.05) is 29.7 Å². The quantitative estimate of drug-likeness (QED) is 0.425. The van der Waals surface area contributed by atoms with Crippen molar-refractivity contribution in [1.29, 1.82) is 0 Å². The Hall–Kier alpha value is -4.27. The Morgan fingerprint density at radius 1 is 0.973 bits per heavy atom. The summed E-state index contributed by atoms with van der Waals surface area (Å²) in [6, 6.07) is 12.5. The lowest BCUT2D eigenvalue weighted by molar-refractivity contribution is 0.0922. The van der Waals surface area contributed by atoms with Gasteiger partial charge in [0.25, 0.3) is 11.8 Å². The summed E-state index contributed by atoms with van der Waals surface area (Å²) in [4.78, 5) is 25.5. The summed E-state index contributed by atoms with van der Waals surface area (Å²) < 4.78 is 21.8. The summed E-state index contributed by atoms with van der Waals surface area (Å²) in [6.07, 6.45) is 2.81. The van der Waals surface area contributed by atoms with Crippen LogP contribution in [0.25, 0.3) is 0 Å².